The Morgan fingerprint density at radius 3 is 2.31 bits per heavy atom. The highest BCUT2D eigenvalue weighted by Crippen LogP contribution is 2.31. The maximum Gasteiger partial charge on any atom is 0.344 e. The van der Waals surface area contributed by atoms with Crippen LogP contribution < -0.4 is 15.0 Å². The van der Waals surface area contributed by atoms with Gasteiger partial charge in [0.1, 0.15) is 5.75 Å². The van der Waals surface area contributed by atoms with E-state index in [4.69, 9.17) is 18.9 Å². The number of Topliss-reactive ketones (excluding diaryl/α,β-unsaturated/α-hetero) is 1. The van der Waals surface area contributed by atoms with Crippen LogP contribution in [0.1, 0.15) is 17.3 Å². The molecule has 2 aliphatic heterocycles. The Labute approximate surface area is 226 Å². The summed E-state index contributed by atoms with van der Waals surface area (Å²) in [7, 11) is -3.80. The van der Waals surface area contributed by atoms with Crippen LogP contribution in [0.4, 0.5) is 11.4 Å². The van der Waals surface area contributed by atoms with Crippen molar-refractivity contribution in [2.24, 2.45) is 0 Å². The van der Waals surface area contributed by atoms with E-state index in [1.165, 1.54) is 29.4 Å². The molecule has 2 aromatic rings. The molecule has 0 atom stereocenters. The van der Waals surface area contributed by atoms with Crippen LogP contribution in [-0.2, 0) is 33.8 Å². The molecule has 0 unspecified atom stereocenters. The van der Waals surface area contributed by atoms with Crippen molar-refractivity contribution >= 4 is 39.1 Å². The molecule has 1 N–H and O–H groups in total. The number of sulfonamides is 1. The third kappa shape index (κ3) is 7.53. The number of benzene rings is 2. The van der Waals surface area contributed by atoms with Gasteiger partial charge in [-0.2, -0.15) is 4.31 Å². The normalized spacial score (nSPS) is 16.4. The number of carbonyl (C=O) groups excluding carboxylic acids is 3. The molecule has 39 heavy (non-hydrogen) atoms. The van der Waals surface area contributed by atoms with Crippen molar-refractivity contribution in [3.63, 3.8) is 0 Å². The number of hydrogen-bond donors (Lipinski definition) is 1. The fourth-order valence-corrected chi connectivity index (χ4v) is 5.55. The SMILES string of the molecule is CC(=O)c1cccc(OCC(=O)OCC(=O)Nc2cc(S(=O)(=O)N3CCOCC3)ccc2N2CCOCC2)c1. The highest BCUT2D eigenvalue weighted by Gasteiger charge is 2.28. The minimum Gasteiger partial charge on any atom is -0.482 e. The molecule has 2 aromatic carbocycles. The second-order valence-electron chi connectivity index (χ2n) is 8.88. The summed E-state index contributed by atoms with van der Waals surface area (Å²) >= 11 is 0. The van der Waals surface area contributed by atoms with Gasteiger partial charge in [-0.05, 0) is 37.3 Å². The Hall–Kier alpha value is -3.52. The first kappa shape index (κ1) is 28.5. The summed E-state index contributed by atoms with van der Waals surface area (Å²) in [4.78, 5) is 38.4. The summed E-state index contributed by atoms with van der Waals surface area (Å²) in [6.07, 6.45) is 0. The van der Waals surface area contributed by atoms with E-state index in [0.717, 1.165) is 0 Å². The highest BCUT2D eigenvalue weighted by molar-refractivity contribution is 7.89. The number of ether oxygens (including phenoxy) is 4. The minimum absolute atomic E-state index is 0.0369. The lowest BCUT2D eigenvalue weighted by molar-refractivity contribution is -0.149. The van der Waals surface area contributed by atoms with Gasteiger partial charge in [-0.1, -0.05) is 12.1 Å². The Morgan fingerprint density at radius 2 is 1.62 bits per heavy atom. The van der Waals surface area contributed by atoms with Crippen LogP contribution in [0.2, 0.25) is 0 Å². The lowest BCUT2D eigenvalue weighted by atomic mass is 10.1. The van der Waals surface area contributed by atoms with Crippen LogP contribution in [0.5, 0.6) is 5.75 Å². The van der Waals surface area contributed by atoms with Gasteiger partial charge < -0.3 is 29.2 Å². The molecular formula is C26H31N3O9S. The van der Waals surface area contributed by atoms with Crippen molar-refractivity contribution in [3.8, 4) is 5.75 Å². The topological polar surface area (TPSA) is 141 Å². The van der Waals surface area contributed by atoms with E-state index in [-0.39, 0.29) is 29.5 Å². The lowest BCUT2D eigenvalue weighted by Crippen LogP contribution is -2.40. The molecule has 0 bridgehead atoms. The third-order valence-electron chi connectivity index (χ3n) is 6.16. The van der Waals surface area contributed by atoms with Crippen LogP contribution in [0.15, 0.2) is 47.4 Å². The first-order valence-corrected chi connectivity index (χ1v) is 13.9. The number of carbonyl (C=O) groups is 3. The van der Waals surface area contributed by atoms with Crippen molar-refractivity contribution in [2.75, 3.05) is 76.0 Å². The zero-order valence-electron chi connectivity index (χ0n) is 21.6. The van der Waals surface area contributed by atoms with E-state index >= 15 is 0 Å². The first-order chi connectivity index (χ1) is 18.7. The molecule has 1 amide bonds. The van der Waals surface area contributed by atoms with Crippen LogP contribution >= 0.6 is 0 Å². The molecular weight excluding hydrogens is 530 g/mol. The Balaban J connectivity index is 1.41. The van der Waals surface area contributed by atoms with Crippen molar-refractivity contribution in [2.45, 2.75) is 11.8 Å². The monoisotopic (exact) mass is 561 g/mol. The third-order valence-corrected chi connectivity index (χ3v) is 8.06. The molecule has 0 saturated carbocycles. The maximum atomic E-state index is 13.2. The summed E-state index contributed by atoms with van der Waals surface area (Å²) in [5.74, 6) is -1.25. The van der Waals surface area contributed by atoms with Crippen LogP contribution in [0.3, 0.4) is 0 Å². The van der Waals surface area contributed by atoms with Crippen molar-refractivity contribution in [3.05, 3.63) is 48.0 Å². The van der Waals surface area contributed by atoms with E-state index < -0.39 is 35.1 Å². The Bertz CT molecular complexity index is 1300. The molecule has 210 valence electrons. The van der Waals surface area contributed by atoms with Crippen LogP contribution in [-0.4, -0.2) is 96.2 Å². The molecule has 0 aliphatic carbocycles. The predicted octanol–water partition coefficient (Wildman–Crippen LogP) is 1.31. The molecule has 0 spiro atoms. The van der Waals surface area contributed by atoms with Gasteiger partial charge >= 0.3 is 5.97 Å². The summed E-state index contributed by atoms with van der Waals surface area (Å²) in [5, 5.41) is 2.69. The standard InChI is InChI=1S/C26H31N3O9S/c1-19(30)20-3-2-4-21(15-20)37-18-26(32)38-17-25(31)27-23-16-22(39(33,34)29-9-13-36-14-10-29)5-6-24(23)28-7-11-35-12-8-28/h2-6,15-16H,7-14,17-18H2,1H3,(H,27,31). The van der Waals surface area contributed by atoms with Crippen LogP contribution in [0, 0.1) is 0 Å². The van der Waals surface area contributed by atoms with Gasteiger partial charge in [-0.25, -0.2) is 13.2 Å². The van der Waals surface area contributed by atoms with Crippen molar-refractivity contribution in [1.82, 2.24) is 4.31 Å². The number of nitrogens with zero attached hydrogens (tertiary/aromatic N) is 2. The maximum absolute atomic E-state index is 13.2. The number of ketones is 1. The zero-order valence-corrected chi connectivity index (χ0v) is 22.4. The molecule has 4 rings (SSSR count). The fourth-order valence-electron chi connectivity index (χ4n) is 4.11. The van der Waals surface area contributed by atoms with Gasteiger partial charge in [0.2, 0.25) is 10.0 Å². The molecule has 2 aliphatic rings. The largest absolute Gasteiger partial charge is 0.482 e. The van der Waals surface area contributed by atoms with Gasteiger partial charge in [0.15, 0.2) is 19.0 Å². The number of esters is 1. The van der Waals surface area contributed by atoms with Crippen molar-refractivity contribution in [1.29, 1.82) is 0 Å². The Morgan fingerprint density at radius 1 is 0.923 bits per heavy atom. The lowest BCUT2D eigenvalue weighted by Gasteiger charge is -2.31. The van der Waals surface area contributed by atoms with Gasteiger partial charge in [0.25, 0.3) is 5.91 Å². The number of morpholine rings is 2. The molecule has 2 heterocycles. The van der Waals surface area contributed by atoms with E-state index in [1.54, 1.807) is 24.3 Å². The fraction of sp³-hybridized carbons (Fsp3) is 0.423. The summed E-state index contributed by atoms with van der Waals surface area (Å²) in [5.41, 5.74) is 1.35. The van der Waals surface area contributed by atoms with E-state index in [1.807, 2.05) is 4.90 Å². The predicted molar refractivity (Wildman–Crippen MR) is 141 cm³/mol. The molecule has 12 nitrogen and oxygen atoms in total. The van der Waals surface area contributed by atoms with Gasteiger partial charge in [-0.3, -0.25) is 9.59 Å². The minimum atomic E-state index is -3.80. The average molecular weight is 562 g/mol. The molecule has 0 aromatic heterocycles. The molecule has 2 saturated heterocycles. The van der Waals surface area contributed by atoms with Crippen LogP contribution in [0.25, 0.3) is 0 Å². The van der Waals surface area contributed by atoms with Gasteiger partial charge in [-0.15, -0.1) is 0 Å². The second-order valence-corrected chi connectivity index (χ2v) is 10.8. The second kappa shape index (κ2) is 13.0. The Kier molecular flexibility index (Phi) is 9.51. The molecule has 13 heteroatoms. The number of rotatable bonds is 10. The summed E-state index contributed by atoms with van der Waals surface area (Å²) in [6, 6.07) is 11.0. The first-order valence-electron chi connectivity index (χ1n) is 12.5. The summed E-state index contributed by atoms with van der Waals surface area (Å²) < 4.78 is 48.8. The van der Waals surface area contributed by atoms with Gasteiger partial charge in [0.05, 0.1) is 42.7 Å². The number of anilines is 2. The molecule has 0 radical (unpaired) electrons. The van der Waals surface area contributed by atoms with Crippen molar-refractivity contribution < 1.29 is 41.7 Å². The van der Waals surface area contributed by atoms with E-state index in [9.17, 15) is 22.8 Å². The van der Waals surface area contributed by atoms with E-state index in [0.29, 0.717) is 56.5 Å². The number of hydrogen-bond acceptors (Lipinski definition) is 10. The number of amides is 1. The van der Waals surface area contributed by atoms with Gasteiger partial charge in [0, 0.05) is 31.7 Å². The smallest absolute Gasteiger partial charge is 0.344 e. The quantitative estimate of drug-likeness (QED) is 0.333. The van der Waals surface area contributed by atoms with E-state index in [2.05, 4.69) is 5.32 Å². The summed E-state index contributed by atoms with van der Waals surface area (Å²) in [6.45, 7) is 3.59. The zero-order chi connectivity index (χ0) is 27.8. The molecule has 2 fully saturated rings. The highest BCUT2D eigenvalue weighted by atomic mass is 32.2. The number of nitrogens with one attached hydrogen (secondary N) is 1. The average Bonchev–Trinajstić information content (AvgIpc) is 2.96.